The lowest BCUT2D eigenvalue weighted by atomic mass is 9.96. The first-order valence-corrected chi connectivity index (χ1v) is 5.67. The van der Waals surface area contributed by atoms with Gasteiger partial charge in [0.25, 0.3) is 0 Å². The second kappa shape index (κ2) is 5.80. The average molecular weight is 237 g/mol. The minimum absolute atomic E-state index is 0.243. The van der Waals surface area contributed by atoms with Gasteiger partial charge in [-0.05, 0) is 17.0 Å². The van der Waals surface area contributed by atoms with E-state index in [2.05, 4.69) is 13.8 Å². The fourth-order valence-electron chi connectivity index (χ4n) is 1.64. The van der Waals surface area contributed by atoms with E-state index in [1.807, 2.05) is 12.1 Å². The fourth-order valence-corrected chi connectivity index (χ4v) is 1.64. The number of carbonyl (C=O) groups is 1. The number of aliphatic hydroxyl groups excluding tert-OH is 1. The van der Waals surface area contributed by atoms with E-state index in [0.717, 1.165) is 0 Å². The van der Waals surface area contributed by atoms with Crippen molar-refractivity contribution in [3.05, 3.63) is 35.4 Å². The van der Waals surface area contributed by atoms with Crippen LogP contribution in [0.3, 0.4) is 0 Å². The summed E-state index contributed by atoms with van der Waals surface area (Å²) < 4.78 is 0. The molecule has 0 saturated heterocycles. The maximum Gasteiger partial charge on any atom is 0.305 e. The van der Waals surface area contributed by atoms with Gasteiger partial charge in [-0.3, -0.25) is 4.79 Å². The van der Waals surface area contributed by atoms with Crippen LogP contribution in [-0.2, 0) is 4.79 Å². The Bertz CT molecular complexity index is 373. The van der Waals surface area contributed by atoms with Gasteiger partial charge in [-0.15, -0.1) is 0 Å². The highest BCUT2D eigenvalue weighted by Crippen LogP contribution is 2.21. The number of nitrogens with two attached hydrogens (primary N) is 1. The summed E-state index contributed by atoms with van der Waals surface area (Å²) in [5.74, 6) is -0.579. The summed E-state index contributed by atoms with van der Waals surface area (Å²) in [6, 6.07) is 6.66. The molecule has 0 aliphatic rings. The van der Waals surface area contributed by atoms with E-state index in [9.17, 15) is 9.90 Å². The predicted octanol–water partition coefficient (Wildman–Crippen LogP) is 1.65. The van der Waals surface area contributed by atoms with Gasteiger partial charge in [0.05, 0.1) is 12.5 Å². The summed E-state index contributed by atoms with van der Waals surface area (Å²) in [6.07, 6.45) is -1.18. The Morgan fingerprint density at radius 3 is 2.12 bits per heavy atom. The Hall–Kier alpha value is -1.39. The Morgan fingerprint density at radius 2 is 1.71 bits per heavy atom. The maximum absolute atomic E-state index is 10.5. The predicted molar refractivity (Wildman–Crippen MR) is 65.7 cm³/mol. The van der Waals surface area contributed by atoms with E-state index in [4.69, 9.17) is 10.8 Å². The zero-order valence-electron chi connectivity index (χ0n) is 10.1. The molecule has 0 amide bonds. The number of benzene rings is 1. The highest BCUT2D eigenvalue weighted by molar-refractivity contribution is 5.67. The van der Waals surface area contributed by atoms with Gasteiger partial charge in [0.2, 0.25) is 0 Å². The van der Waals surface area contributed by atoms with Gasteiger partial charge in [-0.25, -0.2) is 0 Å². The molecule has 0 aliphatic heterocycles. The van der Waals surface area contributed by atoms with Crippen molar-refractivity contribution in [1.29, 1.82) is 0 Å². The van der Waals surface area contributed by atoms with Gasteiger partial charge < -0.3 is 15.9 Å². The molecule has 0 saturated carbocycles. The number of rotatable bonds is 5. The molecule has 0 aromatic heterocycles. The molecular formula is C13H19NO3. The van der Waals surface area contributed by atoms with Crippen LogP contribution < -0.4 is 5.73 Å². The Kier molecular flexibility index (Phi) is 4.66. The normalized spacial score (nSPS) is 14.6. The van der Waals surface area contributed by atoms with Crippen LogP contribution in [-0.4, -0.2) is 22.2 Å². The monoisotopic (exact) mass is 237 g/mol. The van der Waals surface area contributed by atoms with Crippen molar-refractivity contribution in [1.82, 2.24) is 0 Å². The Balaban J connectivity index is 2.75. The third-order valence-electron chi connectivity index (χ3n) is 2.76. The lowest BCUT2D eigenvalue weighted by Gasteiger charge is -2.18. The van der Waals surface area contributed by atoms with Gasteiger partial charge in [0.15, 0.2) is 0 Å². The minimum Gasteiger partial charge on any atom is -0.481 e. The van der Waals surface area contributed by atoms with Gasteiger partial charge in [0, 0.05) is 6.04 Å². The van der Waals surface area contributed by atoms with E-state index in [0.29, 0.717) is 11.5 Å². The molecule has 0 fully saturated rings. The minimum atomic E-state index is -1.00. The van der Waals surface area contributed by atoms with Crippen molar-refractivity contribution >= 4 is 5.97 Å². The first kappa shape index (κ1) is 13.7. The summed E-state index contributed by atoms with van der Waals surface area (Å²) in [7, 11) is 0. The van der Waals surface area contributed by atoms with Crippen LogP contribution in [0.25, 0.3) is 0 Å². The molecule has 4 heteroatoms. The molecule has 0 aliphatic carbocycles. The first-order valence-electron chi connectivity index (χ1n) is 5.67. The largest absolute Gasteiger partial charge is 0.481 e. The number of hydrogen-bond donors (Lipinski definition) is 3. The number of hydrogen-bond acceptors (Lipinski definition) is 3. The topological polar surface area (TPSA) is 83.5 Å². The zero-order chi connectivity index (χ0) is 13.0. The van der Waals surface area contributed by atoms with Gasteiger partial charge >= 0.3 is 5.97 Å². The highest BCUT2D eigenvalue weighted by atomic mass is 16.4. The molecule has 1 rings (SSSR count). The number of carboxylic acid groups (broad SMARTS) is 1. The standard InChI is InChI=1S/C13H19NO3/c1-8(2)9-3-5-10(6-4-9)13(17)11(14)7-12(15)16/h3-6,8,11,13,17H,7,14H2,1-2H3,(H,15,16). The average Bonchev–Trinajstić information content (AvgIpc) is 2.27. The molecule has 2 atom stereocenters. The SMILES string of the molecule is CC(C)c1ccc(C(O)C(N)CC(=O)O)cc1. The molecule has 2 unspecified atom stereocenters. The lowest BCUT2D eigenvalue weighted by Crippen LogP contribution is -2.30. The molecule has 0 spiro atoms. The lowest BCUT2D eigenvalue weighted by molar-refractivity contribution is -0.138. The molecule has 1 aromatic rings. The molecule has 4 N–H and O–H groups in total. The van der Waals surface area contributed by atoms with E-state index < -0.39 is 18.1 Å². The van der Waals surface area contributed by atoms with Crippen molar-refractivity contribution in [2.24, 2.45) is 5.73 Å². The molecule has 94 valence electrons. The van der Waals surface area contributed by atoms with E-state index >= 15 is 0 Å². The van der Waals surface area contributed by atoms with Crippen molar-refractivity contribution in [3.63, 3.8) is 0 Å². The molecule has 1 aromatic carbocycles. The van der Waals surface area contributed by atoms with Gasteiger partial charge in [-0.2, -0.15) is 0 Å². The van der Waals surface area contributed by atoms with Crippen LogP contribution in [0.15, 0.2) is 24.3 Å². The molecule has 0 bridgehead atoms. The molecule has 4 nitrogen and oxygen atoms in total. The molecular weight excluding hydrogens is 218 g/mol. The van der Waals surface area contributed by atoms with Crippen molar-refractivity contribution in [2.75, 3.05) is 0 Å². The van der Waals surface area contributed by atoms with Crippen molar-refractivity contribution in [3.8, 4) is 0 Å². The first-order chi connectivity index (χ1) is 7.91. The zero-order valence-corrected chi connectivity index (χ0v) is 10.1. The third kappa shape index (κ3) is 3.84. The van der Waals surface area contributed by atoms with E-state index in [1.54, 1.807) is 12.1 Å². The summed E-state index contributed by atoms with van der Waals surface area (Å²) in [5.41, 5.74) is 7.45. The molecule has 0 radical (unpaired) electrons. The molecule has 17 heavy (non-hydrogen) atoms. The van der Waals surface area contributed by atoms with Crippen LogP contribution in [0.4, 0.5) is 0 Å². The number of carboxylic acids is 1. The fraction of sp³-hybridized carbons (Fsp3) is 0.462. The van der Waals surface area contributed by atoms with Crippen LogP contribution in [0.1, 0.15) is 43.4 Å². The summed E-state index contributed by atoms with van der Waals surface area (Å²) in [5, 5.41) is 18.5. The van der Waals surface area contributed by atoms with E-state index in [1.165, 1.54) is 5.56 Å². The van der Waals surface area contributed by atoms with E-state index in [-0.39, 0.29) is 6.42 Å². The van der Waals surface area contributed by atoms with Crippen LogP contribution >= 0.6 is 0 Å². The third-order valence-corrected chi connectivity index (χ3v) is 2.76. The number of aliphatic hydroxyl groups is 1. The van der Waals surface area contributed by atoms with Crippen molar-refractivity contribution in [2.45, 2.75) is 38.3 Å². The summed E-state index contributed by atoms with van der Waals surface area (Å²) in [4.78, 5) is 10.5. The van der Waals surface area contributed by atoms with Crippen LogP contribution in [0.5, 0.6) is 0 Å². The van der Waals surface area contributed by atoms with Crippen LogP contribution in [0.2, 0.25) is 0 Å². The van der Waals surface area contributed by atoms with Crippen molar-refractivity contribution < 1.29 is 15.0 Å². The van der Waals surface area contributed by atoms with Gasteiger partial charge in [-0.1, -0.05) is 38.1 Å². The molecule has 0 heterocycles. The highest BCUT2D eigenvalue weighted by Gasteiger charge is 2.19. The summed E-state index contributed by atoms with van der Waals surface area (Å²) in [6.45, 7) is 4.17. The second-order valence-corrected chi connectivity index (χ2v) is 4.53. The maximum atomic E-state index is 10.5. The van der Waals surface area contributed by atoms with Gasteiger partial charge in [0.1, 0.15) is 0 Å². The quantitative estimate of drug-likeness (QED) is 0.727. The Labute approximate surface area is 101 Å². The smallest absolute Gasteiger partial charge is 0.305 e. The van der Waals surface area contributed by atoms with Crippen LogP contribution in [0, 0.1) is 0 Å². The summed E-state index contributed by atoms with van der Waals surface area (Å²) >= 11 is 0. The second-order valence-electron chi connectivity index (χ2n) is 4.53. The Morgan fingerprint density at radius 1 is 1.24 bits per heavy atom. The number of aliphatic carboxylic acids is 1.